The number of rotatable bonds is 8. The lowest BCUT2D eigenvalue weighted by atomic mass is 10.2. The first-order valence-electron chi connectivity index (χ1n) is 9.87. The zero-order valence-corrected chi connectivity index (χ0v) is 18.0. The van der Waals surface area contributed by atoms with E-state index in [0.29, 0.717) is 36.2 Å². The molecular formula is C23H22ClN3O4. The van der Waals surface area contributed by atoms with Gasteiger partial charge in [-0.1, -0.05) is 29.8 Å². The summed E-state index contributed by atoms with van der Waals surface area (Å²) in [6.07, 6.45) is 1.55. The number of hydrogen-bond donors (Lipinski definition) is 1. The van der Waals surface area contributed by atoms with E-state index in [0.717, 1.165) is 21.9 Å². The third-order valence-electron chi connectivity index (χ3n) is 4.91. The Hall–Kier alpha value is -3.29. The Bertz CT molecular complexity index is 1260. The lowest BCUT2D eigenvalue weighted by molar-refractivity contribution is 0.0929. The molecule has 0 aliphatic carbocycles. The first-order chi connectivity index (χ1) is 15.1. The number of nitrogens with zero attached hydrogens (tertiary/aromatic N) is 2. The molecule has 0 atom stereocenters. The topological polar surface area (TPSA) is 78.0 Å². The van der Waals surface area contributed by atoms with E-state index in [1.165, 1.54) is 0 Å². The van der Waals surface area contributed by atoms with Crippen LogP contribution < -0.4 is 10.2 Å². The van der Waals surface area contributed by atoms with E-state index in [9.17, 15) is 4.79 Å². The monoisotopic (exact) mass is 439 g/mol. The number of carbonyl (C=O) groups is 1. The number of fused-ring (bicyclic) bond motifs is 2. The third-order valence-corrected chi connectivity index (χ3v) is 5.32. The second-order valence-electron chi connectivity index (χ2n) is 6.78. The summed E-state index contributed by atoms with van der Waals surface area (Å²) in [6, 6.07) is 14.8. The Labute approximate surface area is 184 Å². The first kappa shape index (κ1) is 21.0. The molecule has 0 fully saturated rings. The van der Waals surface area contributed by atoms with Crippen molar-refractivity contribution in [2.24, 2.45) is 5.10 Å². The lowest BCUT2D eigenvalue weighted by Gasteiger charge is -2.06. The van der Waals surface area contributed by atoms with Gasteiger partial charge in [0.2, 0.25) is 0 Å². The Balaban J connectivity index is 1.54. The van der Waals surface area contributed by atoms with E-state index >= 15 is 0 Å². The van der Waals surface area contributed by atoms with Gasteiger partial charge in [0.25, 0.3) is 0 Å². The van der Waals surface area contributed by atoms with Gasteiger partial charge in [0.1, 0.15) is 16.5 Å². The maximum absolute atomic E-state index is 12.5. The fourth-order valence-electron chi connectivity index (χ4n) is 3.41. The minimum atomic E-state index is -0.456. The highest BCUT2D eigenvalue weighted by Gasteiger charge is 2.15. The fraction of sp³-hybridized carbons (Fsp3) is 0.217. The average molecular weight is 440 g/mol. The molecular weight excluding hydrogens is 418 g/mol. The summed E-state index contributed by atoms with van der Waals surface area (Å²) < 4.78 is 18.2. The fourth-order valence-corrected chi connectivity index (χ4v) is 3.74. The zero-order chi connectivity index (χ0) is 21.8. The molecule has 4 rings (SSSR count). The van der Waals surface area contributed by atoms with E-state index in [1.807, 2.05) is 35.8 Å². The number of furan rings is 1. The second kappa shape index (κ2) is 9.24. The number of amides is 1. The second-order valence-corrected chi connectivity index (χ2v) is 7.14. The Morgan fingerprint density at radius 1 is 1.26 bits per heavy atom. The van der Waals surface area contributed by atoms with Crippen LogP contribution in [0.5, 0.6) is 5.75 Å². The van der Waals surface area contributed by atoms with Gasteiger partial charge in [-0.2, -0.15) is 5.10 Å². The number of hydrazone groups is 1. The van der Waals surface area contributed by atoms with Gasteiger partial charge in [-0.3, -0.25) is 4.79 Å². The van der Waals surface area contributed by atoms with Crippen LogP contribution in [0.25, 0.3) is 21.9 Å². The summed E-state index contributed by atoms with van der Waals surface area (Å²) in [4.78, 5) is 12.5. The molecule has 0 aliphatic heterocycles. The van der Waals surface area contributed by atoms with Gasteiger partial charge in [-0.05, 0) is 37.3 Å². The van der Waals surface area contributed by atoms with E-state index in [-0.39, 0.29) is 5.76 Å². The normalized spacial score (nSPS) is 11.6. The van der Waals surface area contributed by atoms with Crippen molar-refractivity contribution in [3.8, 4) is 5.75 Å². The van der Waals surface area contributed by atoms with Crippen LogP contribution in [-0.2, 0) is 11.3 Å². The number of benzene rings is 2. The molecule has 4 aromatic rings. The van der Waals surface area contributed by atoms with Crippen molar-refractivity contribution in [1.82, 2.24) is 9.99 Å². The van der Waals surface area contributed by atoms with Crippen molar-refractivity contribution >= 4 is 45.6 Å². The van der Waals surface area contributed by atoms with E-state index < -0.39 is 5.91 Å². The van der Waals surface area contributed by atoms with Crippen LogP contribution in [0, 0.1) is 0 Å². The van der Waals surface area contributed by atoms with E-state index in [1.54, 1.807) is 37.6 Å². The number of carbonyl (C=O) groups excluding carboxylic acids is 1. The number of halogens is 1. The Kier molecular flexibility index (Phi) is 6.25. The molecule has 31 heavy (non-hydrogen) atoms. The molecule has 0 aliphatic rings. The summed E-state index contributed by atoms with van der Waals surface area (Å²) in [6.45, 7) is 3.77. The maximum Gasteiger partial charge on any atom is 0.307 e. The molecule has 0 spiro atoms. The molecule has 0 bridgehead atoms. The number of aromatic nitrogens is 1. The van der Waals surface area contributed by atoms with E-state index in [4.69, 9.17) is 25.5 Å². The standard InChI is InChI=1S/C23H22ClN3O4/c1-3-30-11-10-27-19-7-5-4-6-17(19)18(22(27)24)14-25-26-23(28)21-13-15-12-16(29-2)8-9-20(15)31-21/h4-9,12-14H,3,10-11H2,1-2H3,(H,26,28)/b25-14+. The Morgan fingerprint density at radius 3 is 2.90 bits per heavy atom. The van der Waals surface area contributed by atoms with Crippen molar-refractivity contribution in [3.05, 3.63) is 65.0 Å². The lowest BCUT2D eigenvalue weighted by Crippen LogP contribution is -2.16. The molecule has 2 heterocycles. The minimum Gasteiger partial charge on any atom is -0.497 e. The van der Waals surface area contributed by atoms with Gasteiger partial charge < -0.3 is 18.5 Å². The van der Waals surface area contributed by atoms with Gasteiger partial charge in [0.15, 0.2) is 5.76 Å². The van der Waals surface area contributed by atoms with Gasteiger partial charge in [-0.25, -0.2) is 5.43 Å². The molecule has 0 unspecified atom stereocenters. The molecule has 160 valence electrons. The Morgan fingerprint density at radius 2 is 2.10 bits per heavy atom. The predicted octanol–water partition coefficient (Wildman–Crippen LogP) is 4.85. The van der Waals surface area contributed by atoms with Crippen LogP contribution in [0.1, 0.15) is 23.0 Å². The van der Waals surface area contributed by atoms with Crippen LogP contribution in [0.15, 0.2) is 58.0 Å². The van der Waals surface area contributed by atoms with Crippen molar-refractivity contribution in [1.29, 1.82) is 0 Å². The predicted molar refractivity (Wildman–Crippen MR) is 121 cm³/mol. The summed E-state index contributed by atoms with van der Waals surface area (Å²) in [5, 5.41) is 6.36. The summed E-state index contributed by atoms with van der Waals surface area (Å²) in [5.74, 6) is 0.391. The summed E-state index contributed by atoms with van der Waals surface area (Å²) >= 11 is 6.62. The highest BCUT2D eigenvalue weighted by atomic mass is 35.5. The summed E-state index contributed by atoms with van der Waals surface area (Å²) in [7, 11) is 1.59. The van der Waals surface area contributed by atoms with Gasteiger partial charge in [-0.15, -0.1) is 0 Å². The van der Waals surface area contributed by atoms with Gasteiger partial charge in [0.05, 0.1) is 19.9 Å². The quantitative estimate of drug-likeness (QED) is 0.242. The van der Waals surface area contributed by atoms with Crippen LogP contribution in [0.4, 0.5) is 0 Å². The van der Waals surface area contributed by atoms with Crippen LogP contribution in [-0.4, -0.2) is 37.0 Å². The zero-order valence-electron chi connectivity index (χ0n) is 17.2. The molecule has 2 aromatic carbocycles. The molecule has 0 radical (unpaired) electrons. The summed E-state index contributed by atoms with van der Waals surface area (Å²) in [5.41, 5.74) is 4.80. The van der Waals surface area contributed by atoms with E-state index in [2.05, 4.69) is 10.5 Å². The highest BCUT2D eigenvalue weighted by Crippen LogP contribution is 2.29. The molecule has 1 amide bonds. The van der Waals surface area contributed by atoms with Crippen molar-refractivity contribution in [3.63, 3.8) is 0 Å². The number of hydrogen-bond acceptors (Lipinski definition) is 5. The van der Waals surface area contributed by atoms with Gasteiger partial charge in [0, 0.05) is 35.0 Å². The number of ether oxygens (including phenoxy) is 2. The minimum absolute atomic E-state index is 0.158. The largest absolute Gasteiger partial charge is 0.497 e. The smallest absolute Gasteiger partial charge is 0.307 e. The van der Waals surface area contributed by atoms with Crippen LogP contribution in [0.2, 0.25) is 5.15 Å². The van der Waals surface area contributed by atoms with Crippen LogP contribution >= 0.6 is 11.6 Å². The van der Waals surface area contributed by atoms with Crippen molar-refractivity contribution < 1.29 is 18.7 Å². The molecule has 1 N–H and O–H groups in total. The molecule has 0 saturated heterocycles. The number of nitrogens with one attached hydrogen (secondary N) is 1. The molecule has 2 aromatic heterocycles. The highest BCUT2D eigenvalue weighted by molar-refractivity contribution is 6.34. The average Bonchev–Trinajstić information content (AvgIpc) is 3.33. The number of methoxy groups -OCH3 is 1. The number of para-hydroxylation sites is 1. The van der Waals surface area contributed by atoms with Gasteiger partial charge >= 0.3 is 5.91 Å². The maximum atomic E-state index is 12.5. The van der Waals surface area contributed by atoms with Crippen molar-refractivity contribution in [2.75, 3.05) is 20.3 Å². The molecule has 8 heteroatoms. The third kappa shape index (κ3) is 4.28. The van der Waals surface area contributed by atoms with Crippen molar-refractivity contribution in [2.45, 2.75) is 13.5 Å². The SMILES string of the molecule is CCOCCn1c(Cl)c(/C=N/NC(=O)c2cc3cc(OC)ccc3o2)c2ccccc21. The molecule has 0 saturated carbocycles. The first-order valence-corrected chi connectivity index (χ1v) is 10.3. The molecule has 7 nitrogen and oxygen atoms in total. The van der Waals surface area contributed by atoms with Crippen LogP contribution in [0.3, 0.4) is 0 Å².